The molecule has 1 unspecified atom stereocenters. The molecule has 0 spiro atoms. The van der Waals surface area contributed by atoms with E-state index in [9.17, 15) is 18.0 Å². The monoisotopic (exact) mass is 416 g/mol. The number of piperazine rings is 1. The molecule has 0 radical (unpaired) electrons. The van der Waals surface area contributed by atoms with Gasteiger partial charge in [0.2, 0.25) is 5.91 Å². The maximum Gasteiger partial charge on any atom is 0.395 e. The van der Waals surface area contributed by atoms with E-state index in [0.29, 0.717) is 36.7 Å². The van der Waals surface area contributed by atoms with Gasteiger partial charge in [-0.15, -0.1) is 16.6 Å². The van der Waals surface area contributed by atoms with Crippen molar-refractivity contribution in [3.63, 3.8) is 0 Å². The summed E-state index contributed by atoms with van der Waals surface area (Å²) in [6.45, 7) is 4.81. The second kappa shape index (κ2) is 8.74. The van der Waals surface area contributed by atoms with Gasteiger partial charge in [0.15, 0.2) is 5.82 Å². The normalized spacial score (nSPS) is 18.1. The standard InChI is InChI=1S/C22H23F3N4O/c1-4-19-9-10-20(27-26-19)29-12-11-28(14-15(29)2)21(30)13-17-5-7-18(8-6-17)16(3)22(23,24)25/h1,5-10,15-16H,11-14H2,2-3H3/t15-,16?/m1/s1. The van der Waals surface area contributed by atoms with Crippen LogP contribution < -0.4 is 4.90 Å². The van der Waals surface area contributed by atoms with E-state index in [0.717, 1.165) is 6.92 Å². The summed E-state index contributed by atoms with van der Waals surface area (Å²) in [5, 5.41) is 8.12. The molecule has 1 aromatic carbocycles. The van der Waals surface area contributed by atoms with Crippen LogP contribution >= 0.6 is 0 Å². The largest absolute Gasteiger partial charge is 0.395 e. The molecule has 8 heteroatoms. The average Bonchev–Trinajstić information content (AvgIpc) is 2.73. The Morgan fingerprint density at radius 3 is 2.43 bits per heavy atom. The van der Waals surface area contributed by atoms with Gasteiger partial charge in [0.05, 0.1) is 12.3 Å². The van der Waals surface area contributed by atoms with Crippen molar-refractivity contribution in [2.75, 3.05) is 24.5 Å². The number of amides is 1. The third-order valence-electron chi connectivity index (χ3n) is 5.40. The predicted octanol–water partition coefficient (Wildman–Crippen LogP) is 3.40. The van der Waals surface area contributed by atoms with Gasteiger partial charge in [0.1, 0.15) is 5.69 Å². The van der Waals surface area contributed by atoms with Crippen LogP contribution in [0.25, 0.3) is 0 Å². The maximum absolute atomic E-state index is 12.8. The molecular formula is C22H23F3N4O. The number of carbonyl (C=O) groups is 1. The van der Waals surface area contributed by atoms with Crippen LogP contribution in [0.1, 0.15) is 36.6 Å². The Bertz CT molecular complexity index is 919. The van der Waals surface area contributed by atoms with Crippen molar-refractivity contribution < 1.29 is 18.0 Å². The Labute approximate surface area is 173 Å². The van der Waals surface area contributed by atoms with Crippen LogP contribution in [0.2, 0.25) is 0 Å². The van der Waals surface area contributed by atoms with Gasteiger partial charge in [-0.1, -0.05) is 24.3 Å². The number of aromatic nitrogens is 2. The molecule has 1 fully saturated rings. The molecule has 158 valence electrons. The Balaban J connectivity index is 1.59. The molecule has 5 nitrogen and oxygen atoms in total. The first-order valence-corrected chi connectivity index (χ1v) is 9.69. The van der Waals surface area contributed by atoms with Crippen LogP contribution in [0.5, 0.6) is 0 Å². The first-order valence-electron chi connectivity index (χ1n) is 9.69. The minimum atomic E-state index is -4.28. The topological polar surface area (TPSA) is 49.3 Å². The Morgan fingerprint density at radius 2 is 1.90 bits per heavy atom. The number of benzene rings is 1. The number of anilines is 1. The Hall–Kier alpha value is -3.08. The number of carbonyl (C=O) groups excluding carboxylic acids is 1. The highest BCUT2D eigenvalue weighted by molar-refractivity contribution is 5.79. The zero-order chi connectivity index (χ0) is 21.9. The zero-order valence-electron chi connectivity index (χ0n) is 16.9. The molecule has 1 aromatic heterocycles. The predicted molar refractivity (Wildman–Crippen MR) is 108 cm³/mol. The van der Waals surface area contributed by atoms with E-state index >= 15 is 0 Å². The van der Waals surface area contributed by atoms with Gasteiger partial charge in [0.25, 0.3) is 0 Å². The van der Waals surface area contributed by atoms with Gasteiger partial charge >= 0.3 is 6.18 Å². The molecule has 30 heavy (non-hydrogen) atoms. The van der Waals surface area contributed by atoms with Crippen molar-refractivity contribution in [3.8, 4) is 12.3 Å². The molecule has 3 rings (SSSR count). The fourth-order valence-electron chi connectivity index (χ4n) is 3.48. The average molecular weight is 416 g/mol. The molecule has 1 amide bonds. The number of nitrogens with zero attached hydrogens (tertiary/aromatic N) is 4. The number of hydrogen-bond acceptors (Lipinski definition) is 4. The summed E-state index contributed by atoms with van der Waals surface area (Å²) in [4.78, 5) is 16.5. The fourth-order valence-corrected chi connectivity index (χ4v) is 3.48. The number of alkyl halides is 3. The van der Waals surface area contributed by atoms with E-state index in [4.69, 9.17) is 6.42 Å². The lowest BCUT2D eigenvalue weighted by atomic mass is 9.98. The smallest absolute Gasteiger partial charge is 0.349 e. The van der Waals surface area contributed by atoms with E-state index in [2.05, 4.69) is 21.0 Å². The van der Waals surface area contributed by atoms with Crippen LogP contribution in [-0.4, -0.2) is 52.9 Å². The summed E-state index contributed by atoms with van der Waals surface area (Å²) in [6.07, 6.45) is 1.18. The lowest BCUT2D eigenvalue weighted by Gasteiger charge is -2.40. The molecule has 0 saturated carbocycles. The SMILES string of the molecule is C#Cc1ccc(N2CCN(C(=O)Cc3ccc(C(C)C(F)(F)F)cc3)C[C@H]2C)nn1. The lowest BCUT2D eigenvalue weighted by molar-refractivity contribution is -0.146. The summed E-state index contributed by atoms with van der Waals surface area (Å²) in [5.41, 5.74) is 1.36. The molecule has 2 atom stereocenters. The van der Waals surface area contributed by atoms with Gasteiger partial charge in [-0.2, -0.15) is 13.2 Å². The van der Waals surface area contributed by atoms with Crippen molar-refractivity contribution in [1.29, 1.82) is 0 Å². The first-order chi connectivity index (χ1) is 14.2. The van der Waals surface area contributed by atoms with Gasteiger partial charge < -0.3 is 9.80 Å². The molecule has 2 aromatic rings. The van der Waals surface area contributed by atoms with E-state index in [1.165, 1.54) is 12.1 Å². The van der Waals surface area contributed by atoms with E-state index < -0.39 is 12.1 Å². The lowest BCUT2D eigenvalue weighted by Crippen LogP contribution is -2.54. The van der Waals surface area contributed by atoms with Crippen LogP contribution in [0.15, 0.2) is 36.4 Å². The highest BCUT2D eigenvalue weighted by Crippen LogP contribution is 2.34. The molecule has 0 N–H and O–H groups in total. The van der Waals surface area contributed by atoms with E-state index in [1.54, 1.807) is 23.1 Å². The summed E-state index contributed by atoms with van der Waals surface area (Å²) < 4.78 is 38.5. The highest BCUT2D eigenvalue weighted by atomic mass is 19.4. The second-order valence-electron chi connectivity index (χ2n) is 7.48. The summed E-state index contributed by atoms with van der Waals surface area (Å²) in [6, 6.07) is 9.67. The summed E-state index contributed by atoms with van der Waals surface area (Å²) >= 11 is 0. The van der Waals surface area contributed by atoms with E-state index in [-0.39, 0.29) is 23.9 Å². The minimum Gasteiger partial charge on any atom is -0.349 e. The van der Waals surface area contributed by atoms with Crippen molar-refractivity contribution in [3.05, 3.63) is 53.2 Å². The molecule has 1 saturated heterocycles. The Morgan fingerprint density at radius 1 is 1.20 bits per heavy atom. The van der Waals surface area contributed by atoms with Crippen molar-refractivity contribution >= 4 is 11.7 Å². The van der Waals surface area contributed by atoms with Crippen LogP contribution in [0, 0.1) is 12.3 Å². The molecule has 2 heterocycles. The van der Waals surface area contributed by atoms with Crippen LogP contribution in [0.3, 0.4) is 0 Å². The van der Waals surface area contributed by atoms with Crippen molar-refractivity contribution in [2.45, 2.75) is 38.4 Å². The minimum absolute atomic E-state index is 0.0451. The van der Waals surface area contributed by atoms with Gasteiger partial charge in [-0.25, -0.2) is 0 Å². The number of rotatable bonds is 4. The quantitative estimate of drug-likeness (QED) is 0.717. The molecular weight excluding hydrogens is 393 g/mol. The van der Waals surface area contributed by atoms with Gasteiger partial charge in [-0.05, 0) is 43.0 Å². The van der Waals surface area contributed by atoms with Crippen LogP contribution in [-0.2, 0) is 11.2 Å². The Kier molecular flexibility index (Phi) is 6.30. The maximum atomic E-state index is 12.8. The van der Waals surface area contributed by atoms with Crippen molar-refractivity contribution in [2.24, 2.45) is 0 Å². The molecule has 1 aliphatic rings. The van der Waals surface area contributed by atoms with Crippen molar-refractivity contribution in [1.82, 2.24) is 15.1 Å². The number of halogens is 3. The fraction of sp³-hybridized carbons (Fsp3) is 0.409. The highest BCUT2D eigenvalue weighted by Gasteiger charge is 2.37. The molecule has 0 aliphatic carbocycles. The number of hydrogen-bond donors (Lipinski definition) is 0. The zero-order valence-corrected chi connectivity index (χ0v) is 16.9. The van der Waals surface area contributed by atoms with Crippen LogP contribution in [0.4, 0.5) is 19.0 Å². The van der Waals surface area contributed by atoms with E-state index in [1.807, 2.05) is 13.0 Å². The van der Waals surface area contributed by atoms with Gasteiger partial charge in [0, 0.05) is 25.7 Å². The summed E-state index contributed by atoms with van der Waals surface area (Å²) in [5.74, 6) is 1.56. The molecule has 1 aliphatic heterocycles. The molecule has 0 bridgehead atoms. The van der Waals surface area contributed by atoms with Gasteiger partial charge in [-0.3, -0.25) is 4.79 Å². The third kappa shape index (κ3) is 4.90. The summed E-state index contributed by atoms with van der Waals surface area (Å²) in [7, 11) is 0. The second-order valence-corrected chi connectivity index (χ2v) is 7.48. The number of terminal acetylenes is 1. The first kappa shape index (κ1) is 21.6. The third-order valence-corrected chi connectivity index (χ3v) is 5.40.